The Hall–Kier alpha value is -2.68. The van der Waals surface area contributed by atoms with Gasteiger partial charge in [0.2, 0.25) is 0 Å². The molecule has 0 radical (unpaired) electrons. The van der Waals surface area contributed by atoms with E-state index in [0.717, 1.165) is 29.1 Å². The predicted molar refractivity (Wildman–Crippen MR) is 116 cm³/mol. The minimum atomic E-state index is -4.17. The van der Waals surface area contributed by atoms with E-state index >= 15 is 0 Å². The quantitative estimate of drug-likeness (QED) is 0.522. The van der Waals surface area contributed by atoms with Gasteiger partial charge in [0, 0.05) is 30.3 Å². The van der Waals surface area contributed by atoms with Crippen LogP contribution in [-0.2, 0) is 4.74 Å². The Kier molecular flexibility index (Phi) is 5.55. The highest BCUT2D eigenvalue weighted by molar-refractivity contribution is 5.73. The van der Waals surface area contributed by atoms with E-state index in [4.69, 9.17) is 14.7 Å². The van der Waals surface area contributed by atoms with Crippen molar-refractivity contribution in [3.8, 4) is 0 Å². The first kappa shape index (κ1) is 22.1. The number of hydrogen-bond donors (Lipinski definition) is 0. The summed E-state index contributed by atoms with van der Waals surface area (Å²) in [6.07, 6.45) is -0.972. The zero-order valence-electron chi connectivity index (χ0n) is 18.9. The Morgan fingerprint density at radius 3 is 2.42 bits per heavy atom. The number of hydrogen-bond acceptors (Lipinski definition) is 6. The average Bonchev–Trinajstić information content (AvgIpc) is 2.73. The van der Waals surface area contributed by atoms with Gasteiger partial charge >= 0.3 is 6.18 Å². The van der Waals surface area contributed by atoms with Crippen LogP contribution < -0.4 is 0 Å². The fourth-order valence-corrected chi connectivity index (χ4v) is 4.76. The number of halogens is 3. The maximum atomic E-state index is 13.1. The van der Waals surface area contributed by atoms with E-state index in [9.17, 15) is 13.2 Å². The van der Waals surface area contributed by atoms with Crippen molar-refractivity contribution in [2.75, 3.05) is 6.61 Å². The predicted octanol–water partition coefficient (Wildman–Crippen LogP) is 5.43. The first-order chi connectivity index (χ1) is 15.7. The van der Waals surface area contributed by atoms with Crippen molar-refractivity contribution in [2.45, 2.75) is 70.6 Å². The molecule has 2 atom stereocenters. The topological polar surface area (TPSA) is 73.7 Å². The summed E-state index contributed by atoms with van der Waals surface area (Å²) < 4.78 is 45.5. The Morgan fingerprint density at radius 1 is 0.939 bits per heavy atom. The van der Waals surface area contributed by atoms with Gasteiger partial charge in [-0.1, -0.05) is 0 Å². The normalized spacial score (nSPS) is 25.8. The highest BCUT2D eigenvalue weighted by Crippen LogP contribution is 2.50. The Bertz CT molecular complexity index is 1190. The third-order valence-corrected chi connectivity index (χ3v) is 6.92. The minimum Gasteiger partial charge on any atom is -0.373 e. The lowest BCUT2D eigenvalue weighted by Gasteiger charge is -2.36. The Morgan fingerprint density at radius 2 is 1.70 bits per heavy atom. The molecule has 9 heteroatoms. The van der Waals surface area contributed by atoms with E-state index in [1.807, 2.05) is 32.9 Å². The Labute approximate surface area is 190 Å². The molecule has 0 unspecified atom stereocenters. The summed E-state index contributed by atoms with van der Waals surface area (Å²) in [7, 11) is 0. The van der Waals surface area contributed by atoms with E-state index < -0.39 is 12.1 Å². The number of fused-ring (bicyclic) bond motifs is 1. The SMILES string of the molecule is Cc1cc([C@H]2C[C@H](c3nc4nc(C)c(C)nc4c([C@H]4C[C@@H](C(F)(F)F)C4)n3)CCO2)ccn1. The van der Waals surface area contributed by atoms with Gasteiger partial charge in [-0.25, -0.2) is 19.9 Å². The minimum absolute atomic E-state index is 0.0299. The molecule has 2 aliphatic rings. The molecule has 2 fully saturated rings. The molecule has 6 nitrogen and oxygen atoms in total. The van der Waals surface area contributed by atoms with Crippen molar-refractivity contribution in [1.82, 2.24) is 24.9 Å². The summed E-state index contributed by atoms with van der Waals surface area (Å²) in [6, 6.07) is 3.97. The fourth-order valence-electron chi connectivity index (χ4n) is 4.76. The van der Waals surface area contributed by atoms with E-state index in [2.05, 4.69) is 15.0 Å². The second-order valence-electron chi connectivity index (χ2n) is 9.25. The monoisotopic (exact) mass is 457 g/mol. The first-order valence-electron chi connectivity index (χ1n) is 11.3. The molecule has 0 spiro atoms. The number of alkyl halides is 3. The van der Waals surface area contributed by atoms with Crippen LogP contribution >= 0.6 is 0 Å². The summed E-state index contributed by atoms with van der Waals surface area (Å²) in [6.45, 7) is 6.21. The smallest absolute Gasteiger partial charge is 0.373 e. The standard InChI is InChI=1S/C24H26F3N5O/c1-12-8-15(4-6-28-12)19-11-16(5-7-33-19)22-31-20(17-9-18(10-17)24(25,26)27)21-23(32-22)30-14(3)13(2)29-21/h4,6,8,16-19H,5,7,9-11H2,1-3H3/t16-,17-,18+,19-/m1/s1. The number of rotatable bonds is 3. The molecule has 0 bridgehead atoms. The number of nitrogens with zero attached hydrogens (tertiary/aromatic N) is 5. The molecule has 0 amide bonds. The third-order valence-electron chi connectivity index (χ3n) is 6.92. The van der Waals surface area contributed by atoms with Crippen LogP contribution in [0.15, 0.2) is 18.3 Å². The highest BCUT2D eigenvalue weighted by atomic mass is 19.4. The first-order valence-corrected chi connectivity index (χ1v) is 11.3. The van der Waals surface area contributed by atoms with Crippen LogP contribution in [0.3, 0.4) is 0 Å². The molecule has 3 aromatic rings. The van der Waals surface area contributed by atoms with Crippen LogP contribution in [0.5, 0.6) is 0 Å². The maximum Gasteiger partial charge on any atom is 0.391 e. The van der Waals surface area contributed by atoms with Gasteiger partial charge in [0.05, 0.1) is 29.1 Å². The van der Waals surface area contributed by atoms with E-state index in [1.54, 1.807) is 6.20 Å². The molecular weight excluding hydrogens is 431 g/mol. The van der Waals surface area contributed by atoms with Crippen LogP contribution in [0.25, 0.3) is 11.2 Å². The van der Waals surface area contributed by atoms with Crippen molar-refractivity contribution in [1.29, 1.82) is 0 Å². The third kappa shape index (κ3) is 4.30. The molecule has 0 aromatic carbocycles. The van der Waals surface area contributed by atoms with Gasteiger partial charge in [0.15, 0.2) is 5.65 Å². The number of aryl methyl sites for hydroxylation is 3. The summed E-state index contributed by atoms with van der Waals surface area (Å²) in [5.41, 5.74) is 5.09. The van der Waals surface area contributed by atoms with Crippen LogP contribution in [0, 0.1) is 26.7 Å². The number of ether oxygens (including phenoxy) is 1. The molecule has 1 saturated carbocycles. The zero-order chi connectivity index (χ0) is 23.3. The second-order valence-corrected chi connectivity index (χ2v) is 9.25. The molecule has 33 heavy (non-hydrogen) atoms. The second kappa shape index (κ2) is 8.27. The largest absolute Gasteiger partial charge is 0.391 e. The summed E-state index contributed by atoms with van der Waals surface area (Å²) in [4.78, 5) is 23.1. The Balaban J connectivity index is 1.50. The zero-order valence-corrected chi connectivity index (χ0v) is 18.9. The van der Waals surface area contributed by atoms with Crippen molar-refractivity contribution >= 4 is 11.2 Å². The summed E-state index contributed by atoms with van der Waals surface area (Å²) >= 11 is 0. The van der Waals surface area contributed by atoms with E-state index in [-0.39, 0.29) is 30.8 Å². The van der Waals surface area contributed by atoms with Gasteiger partial charge in [-0.15, -0.1) is 0 Å². The molecule has 1 aliphatic carbocycles. The van der Waals surface area contributed by atoms with Crippen molar-refractivity contribution in [2.24, 2.45) is 5.92 Å². The molecule has 4 heterocycles. The highest BCUT2D eigenvalue weighted by Gasteiger charge is 2.49. The molecule has 1 aliphatic heterocycles. The van der Waals surface area contributed by atoms with E-state index in [1.165, 1.54) is 0 Å². The van der Waals surface area contributed by atoms with Crippen LogP contribution in [0.4, 0.5) is 13.2 Å². The van der Waals surface area contributed by atoms with Gasteiger partial charge in [0.1, 0.15) is 11.3 Å². The van der Waals surface area contributed by atoms with Crippen molar-refractivity contribution in [3.63, 3.8) is 0 Å². The van der Waals surface area contributed by atoms with E-state index in [0.29, 0.717) is 35.7 Å². The maximum absolute atomic E-state index is 13.1. The van der Waals surface area contributed by atoms with Crippen molar-refractivity contribution < 1.29 is 17.9 Å². The van der Waals surface area contributed by atoms with Gasteiger partial charge in [-0.3, -0.25) is 4.98 Å². The lowest BCUT2D eigenvalue weighted by atomic mass is 9.72. The van der Waals surface area contributed by atoms with Gasteiger partial charge < -0.3 is 4.74 Å². The number of pyridine rings is 1. The number of aromatic nitrogens is 5. The van der Waals surface area contributed by atoms with Gasteiger partial charge in [-0.05, 0) is 64.2 Å². The van der Waals surface area contributed by atoms with Gasteiger partial charge in [-0.2, -0.15) is 13.2 Å². The van der Waals surface area contributed by atoms with Crippen LogP contribution in [-0.4, -0.2) is 37.7 Å². The molecule has 1 saturated heterocycles. The average molecular weight is 458 g/mol. The van der Waals surface area contributed by atoms with Crippen molar-refractivity contribution in [3.05, 3.63) is 52.5 Å². The molecule has 5 rings (SSSR count). The molecular formula is C24H26F3N5O. The van der Waals surface area contributed by atoms with Crippen LogP contribution in [0.1, 0.15) is 77.8 Å². The molecule has 3 aromatic heterocycles. The fraction of sp³-hybridized carbons (Fsp3) is 0.542. The van der Waals surface area contributed by atoms with Crippen LogP contribution in [0.2, 0.25) is 0 Å². The lowest BCUT2D eigenvalue weighted by molar-refractivity contribution is -0.197. The van der Waals surface area contributed by atoms with Gasteiger partial charge in [0.25, 0.3) is 0 Å². The lowest BCUT2D eigenvalue weighted by Crippen LogP contribution is -2.35. The summed E-state index contributed by atoms with van der Waals surface area (Å²) in [5.74, 6) is -0.902. The molecule has 174 valence electrons. The summed E-state index contributed by atoms with van der Waals surface area (Å²) in [5, 5.41) is 0. The molecule has 0 N–H and O–H groups in total.